The number of rotatable bonds is 5. The number of hydrogen-bond acceptors (Lipinski definition) is 6. The number of fused-ring (bicyclic) bond motifs is 1. The molecule has 0 fully saturated rings. The van der Waals surface area contributed by atoms with Crippen molar-refractivity contribution in [3.63, 3.8) is 0 Å². The Morgan fingerprint density at radius 2 is 2.25 bits per heavy atom. The van der Waals surface area contributed by atoms with Crippen molar-refractivity contribution in [1.29, 1.82) is 0 Å². The maximum Gasteiger partial charge on any atom is 0.347 e. The van der Waals surface area contributed by atoms with E-state index in [1.807, 2.05) is 0 Å². The van der Waals surface area contributed by atoms with Crippen LogP contribution in [0.15, 0.2) is 24.4 Å². The zero-order chi connectivity index (χ0) is 17.4. The van der Waals surface area contributed by atoms with Gasteiger partial charge in [0.25, 0.3) is 0 Å². The van der Waals surface area contributed by atoms with Gasteiger partial charge in [0.2, 0.25) is 0 Å². The van der Waals surface area contributed by atoms with E-state index >= 15 is 0 Å². The third-order valence-electron chi connectivity index (χ3n) is 3.50. The van der Waals surface area contributed by atoms with E-state index in [0.717, 1.165) is 11.3 Å². The number of carbonyl (C=O) groups is 1. The molecule has 0 bridgehead atoms. The van der Waals surface area contributed by atoms with Crippen LogP contribution in [0.2, 0.25) is 0 Å². The monoisotopic (exact) mass is 347 g/mol. The van der Waals surface area contributed by atoms with Gasteiger partial charge in [-0.3, -0.25) is 14.5 Å². The number of aromatic carboxylic acids is 1. The van der Waals surface area contributed by atoms with Crippen LogP contribution in [0.5, 0.6) is 5.75 Å². The molecule has 0 saturated heterocycles. The quantitative estimate of drug-likeness (QED) is 0.560. The number of nitro benzene ring substituents is 1. The van der Waals surface area contributed by atoms with Crippen LogP contribution < -0.4 is 4.74 Å². The number of aryl methyl sites for hydroxylation is 1. The van der Waals surface area contributed by atoms with Crippen LogP contribution in [0, 0.1) is 17.0 Å². The SMILES string of the molecule is CCOc1ccc(-c2cn3c(C)c(C(=O)O)sc3n2)cc1[N+](=O)[O-]. The molecule has 0 unspecified atom stereocenters. The molecule has 124 valence electrons. The first kappa shape index (κ1) is 15.9. The fraction of sp³-hybridized carbons (Fsp3) is 0.200. The molecule has 3 aromatic rings. The topological polar surface area (TPSA) is 107 Å². The van der Waals surface area contributed by atoms with Crippen LogP contribution in [-0.4, -0.2) is 32.0 Å². The molecule has 0 atom stereocenters. The van der Waals surface area contributed by atoms with Crippen LogP contribution in [0.1, 0.15) is 22.3 Å². The van der Waals surface area contributed by atoms with Crippen molar-refractivity contribution in [2.45, 2.75) is 13.8 Å². The van der Waals surface area contributed by atoms with Gasteiger partial charge in [0.05, 0.1) is 17.2 Å². The summed E-state index contributed by atoms with van der Waals surface area (Å²) < 4.78 is 6.94. The van der Waals surface area contributed by atoms with E-state index < -0.39 is 10.9 Å². The van der Waals surface area contributed by atoms with E-state index in [9.17, 15) is 14.9 Å². The van der Waals surface area contributed by atoms with Gasteiger partial charge in [-0.05, 0) is 26.0 Å². The average molecular weight is 347 g/mol. The number of aromatic nitrogens is 2. The molecule has 0 aliphatic heterocycles. The molecule has 0 saturated carbocycles. The van der Waals surface area contributed by atoms with Crippen molar-refractivity contribution in [2.75, 3.05) is 6.61 Å². The second-order valence-electron chi connectivity index (χ2n) is 4.97. The third-order valence-corrected chi connectivity index (χ3v) is 4.65. The van der Waals surface area contributed by atoms with Crippen LogP contribution in [0.4, 0.5) is 5.69 Å². The molecule has 0 aliphatic rings. The second-order valence-corrected chi connectivity index (χ2v) is 5.95. The van der Waals surface area contributed by atoms with Crippen molar-refractivity contribution in [1.82, 2.24) is 9.38 Å². The van der Waals surface area contributed by atoms with E-state index in [2.05, 4.69) is 4.98 Å². The number of hydrogen-bond donors (Lipinski definition) is 1. The van der Waals surface area contributed by atoms with E-state index in [4.69, 9.17) is 9.84 Å². The predicted octanol–water partition coefficient (Wildman–Crippen LogP) is 3.38. The zero-order valence-electron chi connectivity index (χ0n) is 12.8. The minimum atomic E-state index is -0.999. The molecular weight excluding hydrogens is 334 g/mol. The smallest absolute Gasteiger partial charge is 0.347 e. The van der Waals surface area contributed by atoms with Crippen LogP contribution in [0.25, 0.3) is 16.2 Å². The minimum absolute atomic E-state index is 0.131. The molecule has 2 heterocycles. The molecule has 0 aliphatic carbocycles. The van der Waals surface area contributed by atoms with Crippen LogP contribution >= 0.6 is 11.3 Å². The standard InChI is InChI=1S/C15H13N3O5S/c1-3-23-12-5-4-9(6-11(12)18(21)22)10-7-17-8(2)13(14(19)20)24-15(17)16-10/h4-7H,3H2,1-2H3,(H,19,20). The lowest BCUT2D eigenvalue weighted by Gasteiger charge is -2.05. The van der Waals surface area contributed by atoms with E-state index in [0.29, 0.717) is 28.5 Å². The van der Waals surface area contributed by atoms with Gasteiger partial charge in [0, 0.05) is 23.5 Å². The largest absolute Gasteiger partial charge is 0.487 e. The summed E-state index contributed by atoms with van der Waals surface area (Å²) in [7, 11) is 0. The number of carboxylic acids is 1. The second kappa shape index (κ2) is 5.93. The highest BCUT2D eigenvalue weighted by atomic mass is 32.1. The number of imidazole rings is 1. The van der Waals surface area contributed by atoms with Crippen molar-refractivity contribution in [3.8, 4) is 17.0 Å². The van der Waals surface area contributed by atoms with Crippen LogP contribution in [-0.2, 0) is 0 Å². The minimum Gasteiger partial charge on any atom is -0.487 e. The lowest BCUT2D eigenvalue weighted by Crippen LogP contribution is -1.98. The fourth-order valence-corrected chi connectivity index (χ4v) is 3.33. The highest BCUT2D eigenvalue weighted by Crippen LogP contribution is 2.33. The van der Waals surface area contributed by atoms with Gasteiger partial charge in [-0.1, -0.05) is 11.3 Å². The Kier molecular flexibility index (Phi) is 3.94. The molecular formula is C15H13N3O5S. The highest BCUT2D eigenvalue weighted by molar-refractivity contribution is 7.19. The summed E-state index contributed by atoms with van der Waals surface area (Å²) in [6.45, 7) is 3.78. The van der Waals surface area contributed by atoms with E-state index in [-0.39, 0.29) is 16.3 Å². The summed E-state index contributed by atoms with van der Waals surface area (Å²) >= 11 is 1.06. The summed E-state index contributed by atoms with van der Waals surface area (Å²) in [6, 6.07) is 4.64. The number of ether oxygens (including phenoxy) is 1. The Labute approximate surface area is 140 Å². The average Bonchev–Trinajstić information content (AvgIpc) is 3.08. The summed E-state index contributed by atoms with van der Waals surface area (Å²) in [4.78, 5) is 27.0. The molecule has 24 heavy (non-hydrogen) atoms. The first-order valence-corrected chi connectivity index (χ1v) is 7.87. The predicted molar refractivity (Wildman–Crippen MR) is 88.0 cm³/mol. The number of carboxylic acid groups (broad SMARTS) is 1. The number of thiazole rings is 1. The summed E-state index contributed by atoms with van der Waals surface area (Å²) in [5.41, 5.74) is 1.54. The Morgan fingerprint density at radius 1 is 1.50 bits per heavy atom. The maximum absolute atomic E-state index is 11.2. The first-order chi connectivity index (χ1) is 11.4. The van der Waals surface area contributed by atoms with Gasteiger partial charge in [-0.25, -0.2) is 9.78 Å². The lowest BCUT2D eigenvalue weighted by molar-refractivity contribution is -0.385. The van der Waals surface area contributed by atoms with Crippen LogP contribution in [0.3, 0.4) is 0 Å². The van der Waals surface area contributed by atoms with Gasteiger partial charge in [-0.15, -0.1) is 0 Å². The summed E-state index contributed by atoms with van der Waals surface area (Å²) in [5.74, 6) is -0.794. The third kappa shape index (κ3) is 2.58. The highest BCUT2D eigenvalue weighted by Gasteiger charge is 2.20. The molecule has 0 spiro atoms. The van der Waals surface area contributed by atoms with Gasteiger partial charge in [-0.2, -0.15) is 0 Å². The Balaban J connectivity index is 2.08. The molecule has 0 radical (unpaired) electrons. The molecule has 1 aromatic carbocycles. The van der Waals surface area contributed by atoms with Gasteiger partial charge in [0.15, 0.2) is 10.7 Å². The number of nitrogens with zero attached hydrogens (tertiary/aromatic N) is 3. The Hall–Kier alpha value is -2.94. The van der Waals surface area contributed by atoms with Crippen molar-refractivity contribution in [2.24, 2.45) is 0 Å². The lowest BCUT2D eigenvalue weighted by atomic mass is 10.1. The molecule has 0 amide bonds. The normalized spacial score (nSPS) is 10.9. The fourth-order valence-electron chi connectivity index (χ4n) is 2.38. The zero-order valence-corrected chi connectivity index (χ0v) is 13.7. The molecule has 8 nitrogen and oxygen atoms in total. The molecule has 3 rings (SSSR count). The van der Waals surface area contributed by atoms with E-state index in [1.54, 1.807) is 36.6 Å². The van der Waals surface area contributed by atoms with Crippen molar-refractivity contribution in [3.05, 3.63) is 45.1 Å². The molecule has 1 N–H and O–H groups in total. The van der Waals surface area contributed by atoms with Crippen molar-refractivity contribution < 1.29 is 19.6 Å². The Morgan fingerprint density at radius 3 is 2.83 bits per heavy atom. The van der Waals surface area contributed by atoms with Gasteiger partial charge < -0.3 is 9.84 Å². The maximum atomic E-state index is 11.2. The summed E-state index contributed by atoms with van der Waals surface area (Å²) in [5, 5.41) is 20.3. The van der Waals surface area contributed by atoms with Gasteiger partial charge in [0.1, 0.15) is 4.88 Å². The first-order valence-electron chi connectivity index (χ1n) is 7.05. The summed E-state index contributed by atoms with van der Waals surface area (Å²) in [6.07, 6.45) is 1.67. The van der Waals surface area contributed by atoms with Gasteiger partial charge >= 0.3 is 11.7 Å². The van der Waals surface area contributed by atoms with Crippen molar-refractivity contribution >= 4 is 28.0 Å². The Bertz CT molecular complexity index is 960. The molecule has 2 aromatic heterocycles. The number of nitro groups is 1. The molecule has 9 heteroatoms. The number of benzene rings is 1. The van der Waals surface area contributed by atoms with E-state index in [1.165, 1.54) is 6.07 Å².